The van der Waals surface area contributed by atoms with Gasteiger partial charge in [0.1, 0.15) is 58.4 Å². The number of allylic oxidation sites excluding steroid dienone is 3. The molecule has 0 saturated carbocycles. The summed E-state index contributed by atoms with van der Waals surface area (Å²) in [5.41, 5.74) is 1.87. The fourth-order valence-corrected chi connectivity index (χ4v) is 12.1. The molecule has 0 aromatic heterocycles. The van der Waals surface area contributed by atoms with Crippen LogP contribution >= 0.6 is 55.1 Å². The number of rotatable bonds is 25. The number of fused-ring (bicyclic) bond motifs is 5. The smallest absolute Gasteiger partial charge is 0.412 e. The average Bonchev–Trinajstić information content (AvgIpc) is 1.66. The Morgan fingerprint density at radius 2 is 1.73 bits per heavy atom. The van der Waals surface area contributed by atoms with Crippen LogP contribution in [0.1, 0.15) is 92.1 Å². The van der Waals surface area contributed by atoms with Crippen molar-refractivity contribution in [3.8, 4) is 5.75 Å². The number of hydrogen-bond acceptors (Lipinski definition) is 16. The Kier molecular flexibility index (Phi) is 26.0. The van der Waals surface area contributed by atoms with Crippen molar-refractivity contribution in [2.45, 2.75) is 158 Å². The van der Waals surface area contributed by atoms with Crippen molar-refractivity contribution in [3.63, 3.8) is 0 Å². The van der Waals surface area contributed by atoms with Gasteiger partial charge in [-0.2, -0.15) is 0 Å². The summed E-state index contributed by atoms with van der Waals surface area (Å²) in [4.78, 5) is 106. The summed E-state index contributed by atoms with van der Waals surface area (Å²) in [5.74, 6) is -4.03. The summed E-state index contributed by atoms with van der Waals surface area (Å²) in [5, 5.41) is 27.8. The molecule has 0 aliphatic carbocycles. The molecule has 2 unspecified atom stereocenters. The number of aldehydes is 2. The van der Waals surface area contributed by atoms with Crippen LogP contribution in [0, 0.1) is 17.7 Å². The topological polar surface area (TPSA) is 317 Å². The molecule has 470 valence electrons. The first-order chi connectivity index (χ1) is 40.1. The number of epoxide rings is 1. The first-order valence-electron chi connectivity index (χ1n) is 27.6. The summed E-state index contributed by atoms with van der Waals surface area (Å²) in [6.07, 6.45) is 0.781. The molecule has 85 heavy (non-hydrogen) atoms. The first kappa shape index (κ1) is 70.3. The van der Waals surface area contributed by atoms with Gasteiger partial charge in [0.2, 0.25) is 17.7 Å². The van der Waals surface area contributed by atoms with Crippen molar-refractivity contribution in [3.05, 3.63) is 69.5 Å². The lowest BCUT2D eigenvalue weighted by Gasteiger charge is -2.42. The van der Waals surface area contributed by atoms with Gasteiger partial charge in [0, 0.05) is 49.8 Å². The molecular formula is C57H77Br2Cl2FN8O15. The molecule has 5 rings (SSSR count). The van der Waals surface area contributed by atoms with Crippen molar-refractivity contribution in [2.75, 3.05) is 54.0 Å². The zero-order valence-electron chi connectivity index (χ0n) is 48.8. The molecular weight excluding hydrogens is 1290 g/mol. The maximum atomic E-state index is 16.2. The molecule has 9 N–H and O–H groups in total. The Balaban J connectivity index is 1.36. The number of primary amides is 1. The minimum absolute atomic E-state index is 0.0171. The predicted octanol–water partition coefficient (Wildman–Crippen LogP) is 7.52. The van der Waals surface area contributed by atoms with Gasteiger partial charge in [0.25, 0.3) is 0 Å². The second-order valence-corrected chi connectivity index (χ2v) is 24.0. The summed E-state index contributed by atoms with van der Waals surface area (Å²) in [6, 6.07) is 1.33. The van der Waals surface area contributed by atoms with E-state index in [-0.39, 0.29) is 69.7 Å². The van der Waals surface area contributed by atoms with Crippen LogP contribution < -0.4 is 47.3 Å². The number of hydrogen-bond donors (Lipinski definition) is 8. The van der Waals surface area contributed by atoms with Crippen LogP contribution in [-0.4, -0.2) is 158 Å². The number of carbonyl (C=O) groups is 8. The van der Waals surface area contributed by atoms with E-state index in [1.165, 1.54) is 26.2 Å². The largest absolute Gasteiger partial charge is 0.495 e. The quantitative estimate of drug-likeness (QED) is 0.0206. The van der Waals surface area contributed by atoms with Crippen molar-refractivity contribution in [1.29, 1.82) is 0 Å². The van der Waals surface area contributed by atoms with E-state index in [1.54, 1.807) is 58.1 Å². The number of carbonyl (C=O) groups excluding carboxylic acids is 8. The van der Waals surface area contributed by atoms with Crippen molar-refractivity contribution < 1.29 is 76.3 Å². The number of alkyl halides is 2. The Hall–Kier alpha value is -5.45. The van der Waals surface area contributed by atoms with Gasteiger partial charge in [0.15, 0.2) is 12.0 Å². The number of ether oxygens (including phenoxy) is 6. The van der Waals surface area contributed by atoms with Crippen LogP contribution in [0.5, 0.6) is 5.75 Å². The number of nitrogens with two attached hydrogens (primary N) is 1. The maximum absolute atomic E-state index is 16.2. The number of methoxy groups -OCH3 is 2. The number of alkyl carbamates (subject to hydrolysis) is 1. The minimum Gasteiger partial charge on any atom is -0.495 e. The van der Waals surface area contributed by atoms with E-state index < -0.39 is 125 Å². The van der Waals surface area contributed by atoms with Crippen molar-refractivity contribution >= 4 is 121 Å². The SMILES string of the molecule is COc1cc2cc(c1Cl)N(C)C(=O)C[C@H](OC(=O)Nc1cc(F)c(NC(=O)[C@H](CCCNC(N)=O)NC(=O)[C@@H](NC(C=O)CCCC(C)OC(C=O)(CBr)CBr)C(C)C)cc1Cl)[C@]1(C)O[C@H]1[C@H](C)[C@@H]1C[C@@](O)(NC(=O)O1)[C@H](OC)/C=C/C=C(\C)C2. The molecule has 2 aromatic carbocycles. The highest BCUT2D eigenvalue weighted by molar-refractivity contribution is 9.10. The number of nitrogens with zero attached hydrogens (tertiary/aromatic N) is 1. The summed E-state index contributed by atoms with van der Waals surface area (Å²) in [7, 11) is 4.30. The van der Waals surface area contributed by atoms with E-state index in [4.69, 9.17) is 57.4 Å². The molecule has 3 aliphatic heterocycles. The van der Waals surface area contributed by atoms with Crippen LogP contribution in [-0.2, 0) is 54.1 Å². The third kappa shape index (κ3) is 18.8. The van der Waals surface area contributed by atoms with Gasteiger partial charge in [0.05, 0.1) is 59.9 Å². The first-order valence-corrected chi connectivity index (χ1v) is 30.6. The molecule has 0 spiro atoms. The zero-order chi connectivity index (χ0) is 63.1. The lowest BCUT2D eigenvalue weighted by atomic mass is 9.83. The van der Waals surface area contributed by atoms with Gasteiger partial charge in [-0.05, 0) is 89.0 Å². The van der Waals surface area contributed by atoms with Gasteiger partial charge >= 0.3 is 18.2 Å². The van der Waals surface area contributed by atoms with E-state index in [9.17, 15) is 43.5 Å². The van der Waals surface area contributed by atoms with E-state index in [0.717, 1.165) is 24.0 Å². The van der Waals surface area contributed by atoms with Crippen LogP contribution in [0.15, 0.2) is 48.1 Å². The molecule has 28 heteroatoms. The highest BCUT2D eigenvalue weighted by Gasteiger charge is 2.64. The third-order valence-corrected chi connectivity index (χ3v) is 17.7. The standard InChI is InChI=1S/C57H77Br2Cl2FN8O15/c1-30(2)48(65-35(26-71)15-11-14-32(4)84-56(27-58,28-59)29-72)51(75)66-38(16-12-18-64-52(63)76)50(74)67-40-22-36(60)39(23-37(40)62)68-53(77)83-45-24-46(73)70(7)41-20-34(21-42(80-8)47(41)61)19-31(3)13-10-17-44(81-9)57(79)25-43(82-54(78)69-57)33(5)49-55(45,6)85-49/h10,13,17,20-23,26,29-30,32-33,35,38,43-45,48-49,65,79H,11-12,14-16,18-19,24-25,27-28H2,1-9H3,(H,66,75)(H,67,74)(H,68,77)(H,69,78)(H3,63,64,76)/b17-10+,31-13+/t32?,33-,35?,38+,43+,44-,45+,48+,49+,55+,57+/m1/s1. The molecule has 4 bridgehead atoms. The highest BCUT2D eigenvalue weighted by Crippen LogP contribution is 2.49. The van der Waals surface area contributed by atoms with Gasteiger partial charge in [-0.15, -0.1) is 0 Å². The third-order valence-electron chi connectivity index (χ3n) is 15.1. The van der Waals surface area contributed by atoms with Gasteiger partial charge in [-0.1, -0.05) is 99.6 Å². The number of halogens is 5. The van der Waals surface area contributed by atoms with Crippen LogP contribution in [0.2, 0.25) is 10.0 Å². The number of anilines is 3. The predicted molar refractivity (Wildman–Crippen MR) is 324 cm³/mol. The lowest BCUT2D eigenvalue weighted by Crippen LogP contribution is -2.63. The van der Waals surface area contributed by atoms with Gasteiger partial charge in [-0.3, -0.25) is 30.3 Å². The molecule has 7 amide bonds. The van der Waals surface area contributed by atoms with Crippen LogP contribution in [0.25, 0.3) is 0 Å². The van der Waals surface area contributed by atoms with Crippen molar-refractivity contribution in [2.24, 2.45) is 17.6 Å². The molecule has 11 atom stereocenters. The molecule has 3 aliphatic rings. The number of benzene rings is 2. The monoisotopic (exact) mass is 1360 g/mol. The summed E-state index contributed by atoms with van der Waals surface area (Å²) < 4.78 is 51.3. The molecule has 0 radical (unpaired) electrons. The summed E-state index contributed by atoms with van der Waals surface area (Å²) in [6.45, 7) is 10.5. The van der Waals surface area contributed by atoms with Crippen LogP contribution in [0.4, 0.5) is 35.8 Å². The zero-order valence-corrected chi connectivity index (χ0v) is 53.5. The van der Waals surface area contributed by atoms with E-state index in [1.807, 2.05) is 13.8 Å². The normalized spacial score (nSPS) is 25.0. The second kappa shape index (κ2) is 31.5. The van der Waals surface area contributed by atoms with E-state index >= 15 is 4.39 Å². The number of urea groups is 1. The number of aliphatic hydroxyl groups is 1. The molecule has 2 fully saturated rings. The van der Waals surface area contributed by atoms with Gasteiger partial charge < -0.3 is 69.7 Å². The summed E-state index contributed by atoms with van der Waals surface area (Å²) >= 11 is 20.1. The Morgan fingerprint density at radius 1 is 1.02 bits per heavy atom. The fraction of sp³-hybridized carbons (Fsp3) is 0.579. The van der Waals surface area contributed by atoms with Gasteiger partial charge in [-0.25, -0.2) is 18.8 Å². The highest BCUT2D eigenvalue weighted by atomic mass is 79.9. The minimum atomic E-state index is -1.94. The molecule has 23 nitrogen and oxygen atoms in total. The average molecular weight is 1360 g/mol. The number of nitrogens with one attached hydrogen (secondary N) is 6. The Labute approximate surface area is 520 Å². The Bertz CT molecular complexity index is 2820. The molecule has 2 aromatic rings. The van der Waals surface area contributed by atoms with E-state index in [2.05, 4.69) is 63.8 Å². The van der Waals surface area contributed by atoms with Crippen LogP contribution in [0.3, 0.4) is 0 Å². The van der Waals surface area contributed by atoms with E-state index in [0.29, 0.717) is 37.5 Å². The maximum Gasteiger partial charge on any atom is 0.412 e. The molecule has 3 heterocycles. The lowest BCUT2D eigenvalue weighted by molar-refractivity contribution is -0.142. The second-order valence-electron chi connectivity index (χ2n) is 22.1. The number of amides is 7. The molecule has 2 saturated heterocycles. The van der Waals surface area contributed by atoms with Crippen molar-refractivity contribution in [1.82, 2.24) is 21.3 Å². The fourth-order valence-electron chi connectivity index (χ4n) is 10.1. The Morgan fingerprint density at radius 3 is 2.35 bits per heavy atom.